The maximum absolute atomic E-state index is 12.8. The minimum Gasteiger partial charge on any atom is -0.352 e. The lowest BCUT2D eigenvalue weighted by molar-refractivity contribution is -0.396. The summed E-state index contributed by atoms with van der Waals surface area (Å²) in [7, 11) is 1.51. The van der Waals surface area contributed by atoms with Gasteiger partial charge in [-0.1, -0.05) is 12.8 Å². The van der Waals surface area contributed by atoms with Gasteiger partial charge < -0.3 is 5.32 Å². The van der Waals surface area contributed by atoms with Gasteiger partial charge in [0.15, 0.2) is 0 Å². The van der Waals surface area contributed by atoms with Crippen LogP contribution in [-0.2, 0) is 16.6 Å². The highest BCUT2D eigenvalue weighted by Crippen LogP contribution is 2.39. The number of hydrogen-bond donors (Lipinski definition) is 1. The molecule has 1 aromatic carbocycles. The quantitative estimate of drug-likeness (QED) is 0.190. The number of hydrogen-bond acceptors (Lipinski definition) is 11. The highest BCUT2D eigenvalue weighted by Gasteiger charge is 2.29. The molecule has 1 aliphatic rings. The summed E-state index contributed by atoms with van der Waals surface area (Å²) in [5, 5.41) is 36.5. The number of imide groups is 1. The van der Waals surface area contributed by atoms with Crippen LogP contribution in [0.15, 0.2) is 34.3 Å². The summed E-state index contributed by atoms with van der Waals surface area (Å²) in [4.78, 5) is 58.2. The van der Waals surface area contributed by atoms with Crippen molar-refractivity contribution in [2.24, 2.45) is 7.05 Å². The topological polar surface area (TPSA) is 196 Å². The average molecular weight is 504 g/mol. The lowest BCUT2D eigenvalue weighted by atomic mass is 10.1. The summed E-state index contributed by atoms with van der Waals surface area (Å²) in [6, 6.07) is 1.76. The van der Waals surface area contributed by atoms with E-state index >= 15 is 0 Å². The number of nitro groups is 2. The van der Waals surface area contributed by atoms with E-state index in [2.05, 4.69) is 20.8 Å². The number of carbonyl (C=O) groups excluding carboxylic acids is 3. The molecule has 0 aliphatic carbocycles. The molecule has 1 N–H and O–H groups in total. The monoisotopic (exact) mass is 504 g/mol. The lowest BCUT2D eigenvalue weighted by Gasteiger charge is -2.13. The van der Waals surface area contributed by atoms with Crippen molar-refractivity contribution in [3.8, 4) is 0 Å². The van der Waals surface area contributed by atoms with Gasteiger partial charge in [-0.05, 0) is 35.0 Å². The van der Waals surface area contributed by atoms with Crippen molar-refractivity contribution in [1.29, 1.82) is 0 Å². The van der Waals surface area contributed by atoms with Gasteiger partial charge in [0.2, 0.25) is 5.16 Å². The molecule has 16 heteroatoms. The Kier molecular flexibility index (Phi) is 8.19. The summed E-state index contributed by atoms with van der Waals surface area (Å²) in [6.07, 6.45) is 5.00. The maximum atomic E-state index is 12.8. The molecule has 3 rings (SSSR count). The number of aromatic nitrogens is 4. The first-order chi connectivity index (χ1) is 16.7. The molecule has 0 fully saturated rings. The van der Waals surface area contributed by atoms with E-state index in [1.807, 2.05) is 0 Å². The molecule has 0 saturated heterocycles. The Bertz CT molecular complexity index is 1190. The number of nitrogens with one attached hydrogen (secondary N) is 1. The summed E-state index contributed by atoms with van der Waals surface area (Å²) in [5.74, 6) is -1.38. The Morgan fingerprint density at radius 1 is 1.06 bits per heavy atom. The molecule has 2 aromatic rings. The molecule has 0 unspecified atom stereocenters. The number of unbranched alkanes of at least 4 members (excludes halogenated alkanes) is 3. The summed E-state index contributed by atoms with van der Waals surface area (Å²) >= 11 is 0.751. The van der Waals surface area contributed by atoms with Crippen molar-refractivity contribution in [2.45, 2.75) is 35.7 Å². The molecule has 0 atom stereocenters. The zero-order chi connectivity index (χ0) is 25.5. The van der Waals surface area contributed by atoms with Gasteiger partial charge in [0.1, 0.15) is 4.90 Å². The highest BCUT2D eigenvalue weighted by atomic mass is 32.2. The third kappa shape index (κ3) is 6.23. The molecular formula is C19H20N8O7S. The Morgan fingerprint density at radius 2 is 1.74 bits per heavy atom. The van der Waals surface area contributed by atoms with E-state index in [9.17, 15) is 34.6 Å². The predicted molar refractivity (Wildman–Crippen MR) is 119 cm³/mol. The molecule has 0 spiro atoms. The second kappa shape index (κ2) is 11.3. The number of aryl methyl sites for hydroxylation is 1. The summed E-state index contributed by atoms with van der Waals surface area (Å²) < 4.78 is 1.25. The fourth-order valence-electron chi connectivity index (χ4n) is 3.21. The van der Waals surface area contributed by atoms with Crippen LogP contribution in [0.3, 0.4) is 0 Å². The van der Waals surface area contributed by atoms with Gasteiger partial charge in [0, 0.05) is 38.4 Å². The smallest absolute Gasteiger partial charge is 0.291 e. The van der Waals surface area contributed by atoms with Crippen molar-refractivity contribution < 1.29 is 24.2 Å². The summed E-state index contributed by atoms with van der Waals surface area (Å²) in [6.45, 7) is 0.528. The zero-order valence-electron chi connectivity index (χ0n) is 18.4. The minimum absolute atomic E-state index is 0.121. The third-order valence-electron chi connectivity index (χ3n) is 4.98. The van der Waals surface area contributed by atoms with Crippen LogP contribution in [-0.4, -0.2) is 65.8 Å². The molecule has 0 saturated carbocycles. The Morgan fingerprint density at radius 3 is 2.34 bits per heavy atom. The van der Waals surface area contributed by atoms with Gasteiger partial charge in [-0.25, -0.2) is 4.68 Å². The molecule has 35 heavy (non-hydrogen) atoms. The van der Waals surface area contributed by atoms with Gasteiger partial charge in [-0.3, -0.25) is 39.5 Å². The fourth-order valence-corrected chi connectivity index (χ4v) is 4.14. The summed E-state index contributed by atoms with van der Waals surface area (Å²) in [5.41, 5.74) is -1.45. The van der Waals surface area contributed by atoms with Crippen LogP contribution >= 0.6 is 11.8 Å². The molecule has 1 aliphatic heterocycles. The first-order valence-corrected chi connectivity index (χ1v) is 11.2. The van der Waals surface area contributed by atoms with Gasteiger partial charge in [-0.15, -0.1) is 5.10 Å². The maximum Gasteiger partial charge on any atom is 0.291 e. The molecule has 0 radical (unpaired) electrons. The highest BCUT2D eigenvalue weighted by molar-refractivity contribution is 7.99. The van der Waals surface area contributed by atoms with Crippen LogP contribution in [0.1, 0.15) is 36.0 Å². The second-order valence-corrected chi connectivity index (χ2v) is 8.35. The molecule has 2 heterocycles. The number of nitro benzene ring substituents is 2. The Labute approximate surface area is 201 Å². The molecule has 184 valence electrons. The fraction of sp³-hybridized carbons (Fsp3) is 0.368. The van der Waals surface area contributed by atoms with Gasteiger partial charge in [0.25, 0.3) is 29.1 Å². The Balaban J connectivity index is 1.63. The molecule has 1 aromatic heterocycles. The first kappa shape index (κ1) is 25.4. The van der Waals surface area contributed by atoms with Crippen LogP contribution in [0.25, 0.3) is 0 Å². The number of non-ortho nitro benzene ring substituents is 1. The zero-order valence-corrected chi connectivity index (χ0v) is 19.3. The molecule has 3 amide bonds. The van der Waals surface area contributed by atoms with Crippen molar-refractivity contribution in [3.05, 3.63) is 50.1 Å². The molecular weight excluding hydrogens is 484 g/mol. The van der Waals surface area contributed by atoms with Gasteiger partial charge >= 0.3 is 0 Å². The van der Waals surface area contributed by atoms with E-state index < -0.39 is 27.1 Å². The van der Waals surface area contributed by atoms with E-state index in [4.69, 9.17) is 0 Å². The third-order valence-corrected chi connectivity index (χ3v) is 6.14. The SMILES string of the molecule is Cn1nnnc1Sc1c(C(=O)NCCCCCCN2C(=O)C=CC2=O)cc([N+](=O)[O-])cc1[N+](=O)[O-]. The average Bonchev–Trinajstić information content (AvgIpc) is 3.36. The Hall–Kier alpha value is -4.21. The van der Waals surface area contributed by atoms with Gasteiger partial charge in [0.05, 0.1) is 21.5 Å². The van der Waals surface area contributed by atoms with E-state index in [0.717, 1.165) is 28.8 Å². The van der Waals surface area contributed by atoms with E-state index in [1.54, 1.807) is 0 Å². The van der Waals surface area contributed by atoms with Crippen LogP contribution in [0.2, 0.25) is 0 Å². The normalized spacial score (nSPS) is 12.9. The number of tetrazole rings is 1. The standard InChI is InChI=1S/C19H20N8O7S/c1-24-19(21-22-23-24)35-17-13(10-12(26(31)32)11-14(17)27(33)34)18(30)20-8-4-2-3-5-9-25-15(28)6-7-16(25)29/h6-7,10-11H,2-5,8-9H2,1H3,(H,20,30). The van der Waals surface area contributed by atoms with Crippen LogP contribution in [0.5, 0.6) is 0 Å². The van der Waals surface area contributed by atoms with Gasteiger partial charge in [-0.2, -0.15) is 0 Å². The predicted octanol–water partition coefficient (Wildman–Crippen LogP) is 1.39. The number of nitrogens with zero attached hydrogens (tertiary/aromatic N) is 7. The minimum atomic E-state index is -0.812. The first-order valence-electron chi connectivity index (χ1n) is 10.4. The van der Waals surface area contributed by atoms with E-state index in [-0.39, 0.29) is 34.0 Å². The second-order valence-electron chi connectivity index (χ2n) is 7.37. The molecule has 15 nitrogen and oxygen atoms in total. The number of carbonyl (C=O) groups is 3. The van der Waals surface area contributed by atoms with Crippen molar-refractivity contribution >= 4 is 40.9 Å². The van der Waals surface area contributed by atoms with E-state index in [1.165, 1.54) is 23.9 Å². The van der Waals surface area contributed by atoms with Crippen LogP contribution < -0.4 is 5.32 Å². The van der Waals surface area contributed by atoms with Crippen LogP contribution in [0, 0.1) is 20.2 Å². The van der Waals surface area contributed by atoms with E-state index in [0.29, 0.717) is 32.2 Å². The lowest BCUT2D eigenvalue weighted by Crippen LogP contribution is -2.30. The number of rotatable bonds is 12. The molecule has 0 bridgehead atoms. The van der Waals surface area contributed by atoms with Crippen molar-refractivity contribution in [3.63, 3.8) is 0 Å². The van der Waals surface area contributed by atoms with Crippen molar-refractivity contribution in [2.75, 3.05) is 13.1 Å². The van der Waals surface area contributed by atoms with Crippen LogP contribution in [0.4, 0.5) is 11.4 Å². The van der Waals surface area contributed by atoms with Crippen molar-refractivity contribution in [1.82, 2.24) is 30.4 Å². The number of benzene rings is 1. The largest absolute Gasteiger partial charge is 0.352 e. The number of amides is 3.